The second kappa shape index (κ2) is 5.97. The second-order valence-corrected chi connectivity index (χ2v) is 4.11. The average molecular weight is 272 g/mol. The standard InChI is InChI=1S/C15H16N2O3/c1-17-15(18)13-9-12(19-2)7-8-14(13)20-11-5-3-10(16)4-6-11/h3-9H,16H2,1-2H3,(H,17,18). The maximum absolute atomic E-state index is 11.9. The van der Waals surface area contributed by atoms with Crippen molar-refractivity contribution in [2.75, 3.05) is 19.9 Å². The van der Waals surface area contributed by atoms with Crippen molar-refractivity contribution < 1.29 is 14.3 Å². The number of hydrogen-bond acceptors (Lipinski definition) is 4. The number of nitrogen functional groups attached to an aromatic ring is 1. The molecule has 104 valence electrons. The zero-order valence-corrected chi connectivity index (χ0v) is 11.3. The predicted octanol–water partition coefficient (Wildman–Crippen LogP) is 2.43. The van der Waals surface area contributed by atoms with Gasteiger partial charge in [0.05, 0.1) is 12.7 Å². The molecule has 0 saturated carbocycles. The van der Waals surface area contributed by atoms with Gasteiger partial charge in [-0.3, -0.25) is 4.79 Å². The minimum atomic E-state index is -0.241. The lowest BCUT2D eigenvalue weighted by Crippen LogP contribution is -2.18. The van der Waals surface area contributed by atoms with Crippen LogP contribution in [0, 0.1) is 0 Å². The van der Waals surface area contributed by atoms with E-state index in [1.54, 1.807) is 56.6 Å². The van der Waals surface area contributed by atoms with Gasteiger partial charge in [-0.25, -0.2) is 0 Å². The van der Waals surface area contributed by atoms with Gasteiger partial charge < -0.3 is 20.5 Å². The highest BCUT2D eigenvalue weighted by Crippen LogP contribution is 2.29. The number of ether oxygens (including phenoxy) is 2. The highest BCUT2D eigenvalue weighted by atomic mass is 16.5. The van der Waals surface area contributed by atoms with Crippen LogP contribution < -0.4 is 20.5 Å². The molecule has 0 spiro atoms. The van der Waals surface area contributed by atoms with Crippen LogP contribution in [0.3, 0.4) is 0 Å². The number of methoxy groups -OCH3 is 1. The van der Waals surface area contributed by atoms with Crippen molar-refractivity contribution in [2.45, 2.75) is 0 Å². The summed E-state index contributed by atoms with van der Waals surface area (Å²) in [5.74, 6) is 1.41. The Bertz CT molecular complexity index is 609. The number of nitrogens with two attached hydrogens (primary N) is 1. The molecule has 0 unspecified atom stereocenters. The van der Waals surface area contributed by atoms with E-state index in [2.05, 4.69) is 5.32 Å². The fourth-order valence-corrected chi connectivity index (χ4v) is 1.70. The highest BCUT2D eigenvalue weighted by molar-refractivity contribution is 5.97. The highest BCUT2D eigenvalue weighted by Gasteiger charge is 2.13. The van der Waals surface area contributed by atoms with Crippen molar-refractivity contribution in [3.8, 4) is 17.2 Å². The summed E-state index contributed by atoms with van der Waals surface area (Å²) in [6.07, 6.45) is 0. The van der Waals surface area contributed by atoms with Crippen LogP contribution >= 0.6 is 0 Å². The van der Waals surface area contributed by atoms with Crippen LogP contribution in [0.2, 0.25) is 0 Å². The van der Waals surface area contributed by atoms with E-state index in [4.69, 9.17) is 15.2 Å². The molecule has 2 aromatic rings. The van der Waals surface area contributed by atoms with Gasteiger partial charge in [-0.05, 0) is 42.5 Å². The van der Waals surface area contributed by atoms with E-state index in [0.717, 1.165) is 0 Å². The van der Waals surface area contributed by atoms with Crippen molar-refractivity contribution in [1.82, 2.24) is 5.32 Å². The molecule has 2 rings (SSSR count). The largest absolute Gasteiger partial charge is 0.497 e. The Morgan fingerprint density at radius 3 is 2.35 bits per heavy atom. The fourth-order valence-electron chi connectivity index (χ4n) is 1.70. The molecule has 0 aliphatic rings. The number of carbonyl (C=O) groups is 1. The van der Waals surface area contributed by atoms with E-state index in [1.165, 1.54) is 0 Å². The molecule has 0 aliphatic heterocycles. The number of nitrogens with one attached hydrogen (secondary N) is 1. The van der Waals surface area contributed by atoms with Crippen molar-refractivity contribution >= 4 is 11.6 Å². The minimum Gasteiger partial charge on any atom is -0.497 e. The lowest BCUT2D eigenvalue weighted by Gasteiger charge is -2.12. The molecule has 1 amide bonds. The van der Waals surface area contributed by atoms with Gasteiger partial charge in [-0.1, -0.05) is 0 Å². The predicted molar refractivity (Wildman–Crippen MR) is 77.3 cm³/mol. The molecule has 0 bridgehead atoms. The van der Waals surface area contributed by atoms with E-state index < -0.39 is 0 Å². The van der Waals surface area contributed by atoms with Gasteiger partial charge in [0.1, 0.15) is 17.2 Å². The third kappa shape index (κ3) is 3.00. The minimum absolute atomic E-state index is 0.241. The fraction of sp³-hybridized carbons (Fsp3) is 0.133. The lowest BCUT2D eigenvalue weighted by atomic mass is 10.1. The molecule has 0 aliphatic carbocycles. The Morgan fingerprint density at radius 1 is 1.10 bits per heavy atom. The van der Waals surface area contributed by atoms with Crippen LogP contribution in [0.25, 0.3) is 0 Å². The molecule has 2 aromatic carbocycles. The number of amides is 1. The van der Waals surface area contributed by atoms with Gasteiger partial charge >= 0.3 is 0 Å². The van der Waals surface area contributed by atoms with Crippen molar-refractivity contribution in [2.24, 2.45) is 0 Å². The lowest BCUT2D eigenvalue weighted by molar-refractivity contribution is 0.0960. The maximum atomic E-state index is 11.9. The van der Waals surface area contributed by atoms with Gasteiger partial charge in [0, 0.05) is 12.7 Å². The van der Waals surface area contributed by atoms with E-state index >= 15 is 0 Å². The smallest absolute Gasteiger partial charge is 0.254 e. The quantitative estimate of drug-likeness (QED) is 0.838. The number of carbonyl (C=O) groups excluding carboxylic acids is 1. The van der Waals surface area contributed by atoms with E-state index in [1.807, 2.05) is 0 Å². The summed E-state index contributed by atoms with van der Waals surface area (Å²) in [6, 6.07) is 12.0. The molecule has 0 saturated heterocycles. The molecule has 0 radical (unpaired) electrons. The monoisotopic (exact) mass is 272 g/mol. The van der Waals surface area contributed by atoms with Gasteiger partial charge in [-0.15, -0.1) is 0 Å². The van der Waals surface area contributed by atoms with E-state index in [0.29, 0.717) is 28.5 Å². The number of hydrogen-bond donors (Lipinski definition) is 2. The summed E-state index contributed by atoms with van der Waals surface area (Å²) in [4.78, 5) is 11.9. The SMILES string of the molecule is CNC(=O)c1cc(OC)ccc1Oc1ccc(N)cc1. The first-order valence-corrected chi connectivity index (χ1v) is 6.07. The summed E-state index contributed by atoms with van der Waals surface area (Å²) < 4.78 is 10.8. The Labute approximate surface area is 117 Å². The third-order valence-corrected chi connectivity index (χ3v) is 2.77. The average Bonchev–Trinajstić information content (AvgIpc) is 2.49. The number of rotatable bonds is 4. The Kier molecular flexibility index (Phi) is 4.10. The zero-order chi connectivity index (χ0) is 14.5. The van der Waals surface area contributed by atoms with Gasteiger partial charge in [0.2, 0.25) is 0 Å². The van der Waals surface area contributed by atoms with E-state index in [-0.39, 0.29) is 5.91 Å². The normalized spacial score (nSPS) is 9.90. The molecule has 5 nitrogen and oxygen atoms in total. The first-order valence-electron chi connectivity index (χ1n) is 6.07. The van der Waals surface area contributed by atoms with Gasteiger partial charge in [0.15, 0.2) is 0 Å². The summed E-state index contributed by atoms with van der Waals surface area (Å²) in [5.41, 5.74) is 6.68. The van der Waals surface area contributed by atoms with Crippen LogP contribution in [-0.2, 0) is 0 Å². The molecule has 0 atom stereocenters. The van der Waals surface area contributed by atoms with Gasteiger partial charge in [-0.2, -0.15) is 0 Å². The molecule has 20 heavy (non-hydrogen) atoms. The third-order valence-electron chi connectivity index (χ3n) is 2.77. The molecule has 0 heterocycles. The van der Waals surface area contributed by atoms with Crippen LogP contribution in [-0.4, -0.2) is 20.1 Å². The van der Waals surface area contributed by atoms with Crippen molar-refractivity contribution in [1.29, 1.82) is 0 Å². The molecular weight excluding hydrogens is 256 g/mol. The second-order valence-electron chi connectivity index (χ2n) is 4.11. The molecule has 0 fully saturated rings. The number of anilines is 1. The summed E-state index contributed by atoms with van der Waals surface area (Å²) in [7, 11) is 3.11. The Hall–Kier alpha value is -2.69. The van der Waals surface area contributed by atoms with Crippen LogP contribution in [0.1, 0.15) is 10.4 Å². The van der Waals surface area contributed by atoms with Crippen LogP contribution in [0.4, 0.5) is 5.69 Å². The summed E-state index contributed by atoms with van der Waals surface area (Å²) >= 11 is 0. The Morgan fingerprint density at radius 2 is 1.75 bits per heavy atom. The summed E-state index contributed by atoms with van der Waals surface area (Å²) in [6.45, 7) is 0. The Balaban J connectivity index is 2.35. The topological polar surface area (TPSA) is 73.6 Å². The molecule has 5 heteroatoms. The zero-order valence-electron chi connectivity index (χ0n) is 11.3. The maximum Gasteiger partial charge on any atom is 0.254 e. The van der Waals surface area contributed by atoms with Crippen molar-refractivity contribution in [3.05, 3.63) is 48.0 Å². The summed E-state index contributed by atoms with van der Waals surface area (Å²) in [5, 5.41) is 2.57. The number of benzene rings is 2. The molecular formula is C15H16N2O3. The first-order chi connectivity index (χ1) is 9.63. The van der Waals surface area contributed by atoms with Crippen LogP contribution in [0.15, 0.2) is 42.5 Å². The van der Waals surface area contributed by atoms with Gasteiger partial charge in [0.25, 0.3) is 5.91 Å². The van der Waals surface area contributed by atoms with Crippen molar-refractivity contribution in [3.63, 3.8) is 0 Å². The van der Waals surface area contributed by atoms with E-state index in [9.17, 15) is 4.79 Å². The molecule has 0 aromatic heterocycles. The first kappa shape index (κ1) is 13.7. The van der Waals surface area contributed by atoms with Crippen LogP contribution in [0.5, 0.6) is 17.2 Å². The molecule has 3 N–H and O–H groups in total.